The quantitative estimate of drug-likeness (QED) is 0.642. The number of nitrogens with zero attached hydrogens (tertiary/aromatic N) is 2. The molecule has 1 atom stereocenters. The van der Waals surface area contributed by atoms with Gasteiger partial charge in [0, 0.05) is 24.0 Å². The van der Waals surface area contributed by atoms with Crippen molar-refractivity contribution in [3.05, 3.63) is 0 Å². The molecule has 1 aliphatic heterocycles. The van der Waals surface area contributed by atoms with Gasteiger partial charge in [0.25, 0.3) is 0 Å². The lowest BCUT2D eigenvalue weighted by atomic mass is 9.93. The van der Waals surface area contributed by atoms with Crippen LogP contribution in [0.4, 0.5) is 0 Å². The van der Waals surface area contributed by atoms with Crippen molar-refractivity contribution in [2.24, 2.45) is 5.92 Å². The third-order valence-electron chi connectivity index (χ3n) is 3.15. The Morgan fingerprint density at radius 1 is 1.43 bits per heavy atom. The van der Waals surface area contributed by atoms with Gasteiger partial charge in [-0.25, -0.2) is 0 Å². The van der Waals surface area contributed by atoms with Gasteiger partial charge in [-0.3, -0.25) is 4.90 Å². The Morgan fingerprint density at radius 2 is 2.00 bits per heavy atom. The fourth-order valence-corrected chi connectivity index (χ4v) is 2.83. The van der Waals surface area contributed by atoms with Crippen molar-refractivity contribution in [1.29, 1.82) is 5.26 Å². The largest absolute Gasteiger partial charge is 0.293 e. The molecule has 1 rings (SSSR count). The van der Waals surface area contributed by atoms with E-state index in [0.717, 1.165) is 13.0 Å². The van der Waals surface area contributed by atoms with Gasteiger partial charge in [0.15, 0.2) is 0 Å². The van der Waals surface area contributed by atoms with Crippen LogP contribution in [0.15, 0.2) is 0 Å². The zero-order valence-corrected chi connectivity index (χ0v) is 10.1. The van der Waals surface area contributed by atoms with Crippen molar-refractivity contribution >= 4 is 0 Å². The SMILES string of the molecule is CC(C)(C)N1CC(CC#N)CC1(C)C. The Bertz CT molecular complexity index is 242. The minimum Gasteiger partial charge on any atom is -0.293 e. The average Bonchev–Trinajstić information content (AvgIpc) is 2.25. The Kier molecular flexibility index (Phi) is 2.92. The molecule has 0 amide bonds. The maximum absolute atomic E-state index is 8.72. The van der Waals surface area contributed by atoms with Crippen molar-refractivity contribution in [2.45, 2.75) is 58.5 Å². The van der Waals surface area contributed by atoms with Crippen LogP contribution in [0.25, 0.3) is 0 Å². The number of hydrogen-bond acceptors (Lipinski definition) is 2. The lowest BCUT2D eigenvalue weighted by Gasteiger charge is -2.42. The molecule has 1 unspecified atom stereocenters. The van der Waals surface area contributed by atoms with Gasteiger partial charge in [-0.15, -0.1) is 0 Å². The maximum Gasteiger partial charge on any atom is 0.0625 e. The van der Waals surface area contributed by atoms with E-state index in [0.29, 0.717) is 12.3 Å². The number of hydrogen-bond donors (Lipinski definition) is 0. The van der Waals surface area contributed by atoms with Crippen LogP contribution >= 0.6 is 0 Å². The summed E-state index contributed by atoms with van der Waals surface area (Å²) in [6.45, 7) is 12.4. The van der Waals surface area contributed by atoms with E-state index in [9.17, 15) is 0 Å². The molecule has 0 spiro atoms. The highest BCUT2D eigenvalue weighted by molar-refractivity contribution is 5.00. The van der Waals surface area contributed by atoms with Gasteiger partial charge in [0.2, 0.25) is 0 Å². The van der Waals surface area contributed by atoms with Crippen molar-refractivity contribution in [2.75, 3.05) is 6.54 Å². The first-order valence-corrected chi connectivity index (χ1v) is 5.42. The first-order valence-electron chi connectivity index (χ1n) is 5.42. The molecular weight excluding hydrogens is 172 g/mol. The number of rotatable bonds is 1. The molecule has 0 aliphatic carbocycles. The third kappa shape index (κ3) is 2.27. The standard InChI is InChI=1S/C12H22N2/c1-11(2,3)14-9-10(6-7-13)8-12(14,4)5/h10H,6,8-9H2,1-5H3. The summed E-state index contributed by atoms with van der Waals surface area (Å²) < 4.78 is 0. The molecule has 80 valence electrons. The van der Waals surface area contributed by atoms with E-state index in [1.54, 1.807) is 0 Å². The number of nitriles is 1. The summed E-state index contributed by atoms with van der Waals surface area (Å²) in [5, 5.41) is 8.72. The van der Waals surface area contributed by atoms with Crippen LogP contribution in [-0.2, 0) is 0 Å². The van der Waals surface area contributed by atoms with Crippen LogP contribution in [0, 0.1) is 17.2 Å². The summed E-state index contributed by atoms with van der Waals surface area (Å²) in [6, 6.07) is 2.29. The summed E-state index contributed by atoms with van der Waals surface area (Å²) in [7, 11) is 0. The van der Waals surface area contributed by atoms with Crippen LogP contribution < -0.4 is 0 Å². The fraction of sp³-hybridized carbons (Fsp3) is 0.917. The van der Waals surface area contributed by atoms with Crippen molar-refractivity contribution < 1.29 is 0 Å². The van der Waals surface area contributed by atoms with Crippen molar-refractivity contribution in [3.8, 4) is 6.07 Å². The van der Waals surface area contributed by atoms with E-state index < -0.39 is 0 Å². The van der Waals surface area contributed by atoms with Crippen LogP contribution in [0.1, 0.15) is 47.5 Å². The molecule has 0 aromatic carbocycles. The molecule has 1 saturated heterocycles. The predicted octanol–water partition coefficient (Wildman–Crippen LogP) is 2.80. The zero-order valence-electron chi connectivity index (χ0n) is 10.1. The second-order valence-corrected chi connectivity index (χ2v) is 6.03. The molecular formula is C12H22N2. The molecule has 1 fully saturated rings. The van der Waals surface area contributed by atoms with Crippen LogP contribution in [0.3, 0.4) is 0 Å². The van der Waals surface area contributed by atoms with Gasteiger partial charge in [-0.05, 0) is 47.0 Å². The zero-order chi connectivity index (χ0) is 11.0. The smallest absolute Gasteiger partial charge is 0.0625 e. The Balaban J connectivity index is 2.75. The third-order valence-corrected chi connectivity index (χ3v) is 3.15. The molecule has 1 aliphatic rings. The average molecular weight is 194 g/mol. The van der Waals surface area contributed by atoms with Crippen molar-refractivity contribution in [1.82, 2.24) is 4.90 Å². The van der Waals surface area contributed by atoms with Gasteiger partial charge in [0.1, 0.15) is 0 Å². The summed E-state index contributed by atoms with van der Waals surface area (Å²) >= 11 is 0. The molecule has 0 saturated carbocycles. The Hall–Kier alpha value is -0.550. The molecule has 2 nitrogen and oxygen atoms in total. The summed E-state index contributed by atoms with van der Waals surface area (Å²) in [4.78, 5) is 2.53. The first-order chi connectivity index (χ1) is 6.27. The van der Waals surface area contributed by atoms with E-state index in [4.69, 9.17) is 5.26 Å². The van der Waals surface area contributed by atoms with E-state index in [1.807, 2.05) is 0 Å². The molecule has 0 radical (unpaired) electrons. The fourth-order valence-electron chi connectivity index (χ4n) is 2.83. The molecule has 1 heterocycles. The summed E-state index contributed by atoms with van der Waals surface area (Å²) in [5.41, 5.74) is 0.466. The normalized spacial score (nSPS) is 27.6. The van der Waals surface area contributed by atoms with Gasteiger partial charge in [0.05, 0.1) is 6.07 Å². The maximum atomic E-state index is 8.72. The van der Waals surface area contributed by atoms with E-state index in [2.05, 4.69) is 45.6 Å². The Labute approximate surface area is 87.9 Å². The highest BCUT2D eigenvalue weighted by Crippen LogP contribution is 2.38. The minimum absolute atomic E-state index is 0.216. The van der Waals surface area contributed by atoms with Gasteiger partial charge in [-0.2, -0.15) is 5.26 Å². The van der Waals surface area contributed by atoms with E-state index in [1.165, 1.54) is 0 Å². The number of likely N-dealkylation sites (tertiary alicyclic amines) is 1. The second kappa shape index (κ2) is 3.55. The van der Waals surface area contributed by atoms with E-state index >= 15 is 0 Å². The first kappa shape index (κ1) is 11.5. The molecule has 0 aromatic rings. The van der Waals surface area contributed by atoms with Crippen LogP contribution in [-0.4, -0.2) is 22.5 Å². The highest BCUT2D eigenvalue weighted by Gasteiger charge is 2.43. The van der Waals surface area contributed by atoms with Gasteiger partial charge >= 0.3 is 0 Å². The summed E-state index contributed by atoms with van der Waals surface area (Å²) in [5.74, 6) is 0.564. The van der Waals surface area contributed by atoms with Crippen molar-refractivity contribution in [3.63, 3.8) is 0 Å². The lowest BCUT2D eigenvalue weighted by molar-refractivity contribution is 0.0671. The monoisotopic (exact) mass is 194 g/mol. The molecule has 14 heavy (non-hydrogen) atoms. The predicted molar refractivity (Wildman–Crippen MR) is 58.9 cm³/mol. The van der Waals surface area contributed by atoms with E-state index in [-0.39, 0.29) is 11.1 Å². The van der Waals surface area contributed by atoms with Crippen LogP contribution in [0.5, 0.6) is 0 Å². The van der Waals surface area contributed by atoms with Crippen LogP contribution in [0.2, 0.25) is 0 Å². The Morgan fingerprint density at radius 3 is 2.36 bits per heavy atom. The topological polar surface area (TPSA) is 27.0 Å². The van der Waals surface area contributed by atoms with Gasteiger partial charge in [-0.1, -0.05) is 0 Å². The lowest BCUT2D eigenvalue weighted by Crippen LogP contribution is -2.50. The minimum atomic E-state index is 0.216. The molecule has 0 bridgehead atoms. The summed E-state index contributed by atoms with van der Waals surface area (Å²) in [6.07, 6.45) is 1.86. The molecule has 0 aromatic heterocycles. The second-order valence-electron chi connectivity index (χ2n) is 6.03. The molecule has 0 N–H and O–H groups in total. The highest BCUT2D eigenvalue weighted by atomic mass is 15.3. The van der Waals surface area contributed by atoms with Gasteiger partial charge < -0.3 is 0 Å². The molecule has 2 heteroatoms.